The fourth-order valence-corrected chi connectivity index (χ4v) is 13.8. The van der Waals surface area contributed by atoms with Crippen LogP contribution < -0.4 is 5.19 Å². The molecule has 198 valence electrons. The monoisotopic (exact) mass is 527 g/mol. The van der Waals surface area contributed by atoms with Crippen LogP contribution in [0, 0.1) is 0 Å². The molecule has 2 aliphatic heterocycles. The predicted octanol–water partition coefficient (Wildman–Crippen LogP) is 9.31. The van der Waals surface area contributed by atoms with Crippen LogP contribution in [0.5, 0.6) is 0 Å². The second-order valence-corrected chi connectivity index (χ2v) is 18.7. The Hall–Kier alpha value is -2.97. The Morgan fingerprint density at radius 3 is 2.15 bits per heavy atom. The van der Waals surface area contributed by atoms with Gasteiger partial charge in [-0.15, -0.1) is 0 Å². The molecule has 1 aliphatic carbocycles. The number of rotatable bonds is 2. The first kappa shape index (κ1) is 25.0. The van der Waals surface area contributed by atoms with E-state index in [-0.39, 0.29) is 16.2 Å². The molecule has 3 aromatic carbocycles. The van der Waals surface area contributed by atoms with Crippen LogP contribution in [0.25, 0.3) is 33.3 Å². The topological polar surface area (TPSA) is 12.9 Å². The average molecular weight is 528 g/mol. The van der Waals surface area contributed by atoms with E-state index >= 15 is 0 Å². The number of benzene rings is 3. The molecule has 1 nitrogen and oxygen atoms in total. The Morgan fingerprint density at radius 1 is 0.769 bits per heavy atom. The van der Waals surface area contributed by atoms with Crippen molar-refractivity contribution in [2.24, 2.45) is 0 Å². The van der Waals surface area contributed by atoms with E-state index in [4.69, 9.17) is 4.98 Å². The van der Waals surface area contributed by atoms with E-state index in [1.165, 1.54) is 74.8 Å². The molecule has 4 aromatic rings. The van der Waals surface area contributed by atoms with E-state index in [2.05, 4.69) is 121 Å². The minimum absolute atomic E-state index is 0.0591. The van der Waals surface area contributed by atoms with Crippen LogP contribution in [0.3, 0.4) is 0 Å². The fourth-order valence-electron chi connectivity index (χ4n) is 8.01. The van der Waals surface area contributed by atoms with E-state index in [1.807, 2.05) is 0 Å². The fraction of sp³-hybridized carbons (Fsp3) is 0.378. The molecule has 39 heavy (non-hydrogen) atoms. The number of fused-ring (bicyclic) bond motifs is 2. The first-order chi connectivity index (χ1) is 18.4. The van der Waals surface area contributed by atoms with Gasteiger partial charge in [-0.3, -0.25) is 4.98 Å². The van der Waals surface area contributed by atoms with Gasteiger partial charge in [-0.25, -0.2) is 0 Å². The van der Waals surface area contributed by atoms with Crippen molar-refractivity contribution >= 4 is 35.3 Å². The first-order valence-corrected chi connectivity index (χ1v) is 17.3. The molecule has 0 atom stereocenters. The van der Waals surface area contributed by atoms with Gasteiger partial charge in [0, 0.05) is 11.8 Å². The lowest BCUT2D eigenvalue weighted by molar-refractivity contribution is 0.322. The van der Waals surface area contributed by atoms with Crippen LogP contribution in [0.1, 0.15) is 89.1 Å². The third kappa shape index (κ3) is 3.34. The molecule has 1 fully saturated rings. The standard InChI is InChI=1S/C37H41NSi/c1-35(2,3)28-15-13-24(14-16-28)31-23-26-17-18-38-33(34(26)39(31)19-8-9-20-39)27-21-25-11-10-12-29-32(25)30(22-27)37(6,7)36(29,4)5/h10-18,21-23H,8-9,19-20H2,1-7H3. The minimum atomic E-state index is -1.90. The van der Waals surface area contributed by atoms with Gasteiger partial charge in [0.2, 0.25) is 0 Å². The van der Waals surface area contributed by atoms with E-state index in [9.17, 15) is 0 Å². The van der Waals surface area contributed by atoms with Crippen LogP contribution in [0.15, 0.2) is 66.9 Å². The van der Waals surface area contributed by atoms with Gasteiger partial charge in [-0.1, -0.05) is 110 Å². The van der Waals surface area contributed by atoms with Crippen LogP contribution in [0.4, 0.5) is 0 Å². The van der Waals surface area contributed by atoms with Crippen molar-refractivity contribution in [1.82, 2.24) is 4.98 Å². The summed E-state index contributed by atoms with van der Waals surface area (Å²) in [7, 11) is -1.90. The Bertz CT molecular complexity index is 1670. The molecule has 1 spiro atoms. The molecule has 0 saturated carbocycles. The lowest BCUT2D eigenvalue weighted by Crippen LogP contribution is -2.46. The highest BCUT2D eigenvalue weighted by atomic mass is 28.3. The molecule has 0 amide bonds. The zero-order valence-electron chi connectivity index (χ0n) is 24.7. The zero-order chi connectivity index (χ0) is 27.4. The van der Waals surface area contributed by atoms with E-state index in [1.54, 1.807) is 10.4 Å². The zero-order valence-corrected chi connectivity index (χ0v) is 25.7. The maximum absolute atomic E-state index is 5.20. The van der Waals surface area contributed by atoms with E-state index in [0.717, 1.165) is 0 Å². The second kappa shape index (κ2) is 8.04. The Kier molecular flexibility index (Phi) is 5.16. The molecule has 0 N–H and O–H groups in total. The highest BCUT2D eigenvalue weighted by Crippen LogP contribution is 2.55. The van der Waals surface area contributed by atoms with Gasteiger partial charge in [0.1, 0.15) is 8.07 Å². The van der Waals surface area contributed by atoms with E-state index in [0.29, 0.717) is 0 Å². The lowest BCUT2D eigenvalue weighted by atomic mass is 9.66. The summed E-state index contributed by atoms with van der Waals surface area (Å²) in [4.78, 5) is 5.20. The summed E-state index contributed by atoms with van der Waals surface area (Å²) < 4.78 is 0. The summed E-state index contributed by atoms with van der Waals surface area (Å²) in [6.07, 6.45) is 7.29. The molecule has 0 unspecified atom stereocenters. The van der Waals surface area contributed by atoms with Gasteiger partial charge >= 0.3 is 0 Å². The molecule has 0 bridgehead atoms. The van der Waals surface area contributed by atoms with Gasteiger partial charge in [0.15, 0.2) is 0 Å². The molecule has 1 aromatic heterocycles. The van der Waals surface area contributed by atoms with Crippen LogP contribution >= 0.6 is 0 Å². The molecular weight excluding hydrogens is 487 g/mol. The minimum Gasteiger partial charge on any atom is -0.256 e. The summed E-state index contributed by atoms with van der Waals surface area (Å²) in [5, 5.41) is 6.08. The molecule has 2 heteroatoms. The Labute approximate surface area is 235 Å². The first-order valence-electron chi connectivity index (χ1n) is 14.9. The van der Waals surface area contributed by atoms with Crippen LogP contribution in [0.2, 0.25) is 12.1 Å². The number of aromatic nitrogens is 1. The van der Waals surface area contributed by atoms with Crippen molar-refractivity contribution in [2.45, 2.75) is 89.6 Å². The third-order valence-corrected chi connectivity index (χ3v) is 16.3. The number of hydrogen-bond donors (Lipinski definition) is 0. The largest absolute Gasteiger partial charge is 0.256 e. The number of hydrogen-bond acceptors (Lipinski definition) is 1. The quantitative estimate of drug-likeness (QED) is 0.237. The van der Waals surface area contributed by atoms with Crippen molar-refractivity contribution in [3.63, 3.8) is 0 Å². The van der Waals surface area contributed by atoms with Crippen molar-refractivity contribution in [3.8, 4) is 11.3 Å². The highest BCUT2D eigenvalue weighted by molar-refractivity contribution is 7.09. The van der Waals surface area contributed by atoms with Crippen molar-refractivity contribution < 1.29 is 0 Å². The smallest absolute Gasteiger partial charge is 0.122 e. The van der Waals surface area contributed by atoms with Crippen LogP contribution in [-0.4, -0.2) is 13.1 Å². The predicted molar refractivity (Wildman–Crippen MR) is 170 cm³/mol. The second-order valence-electron chi connectivity index (χ2n) is 14.5. The Balaban J connectivity index is 1.41. The molecular formula is C37H41NSi. The van der Waals surface area contributed by atoms with Crippen molar-refractivity contribution in [3.05, 3.63) is 94.7 Å². The molecule has 0 radical (unpaired) electrons. The summed E-state index contributed by atoms with van der Waals surface area (Å²) in [6, 6.07) is 26.4. The average Bonchev–Trinajstić information content (AvgIpc) is 3.56. The van der Waals surface area contributed by atoms with Crippen molar-refractivity contribution in [1.29, 1.82) is 0 Å². The summed E-state index contributed by atoms with van der Waals surface area (Å²) >= 11 is 0. The normalized spacial score (nSPS) is 20.0. The van der Waals surface area contributed by atoms with Gasteiger partial charge in [-0.05, 0) is 95.5 Å². The maximum Gasteiger partial charge on any atom is 0.122 e. The summed E-state index contributed by atoms with van der Waals surface area (Å²) in [6.45, 7) is 16.6. The lowest BCUT2D eigenvalue weighted by Gasteiger charge is -2.37. The Morgan fingerprint density at radius 2 is 1.46 bits per heavy atom. The van der Waals surface area contributed by atoms with Gasteiger partial charge < -0.3 is 0 Å². The third-order valence-electron chi connectivity index (χ3n) is 11.0. The van der Waals surface area contributed by atoms with Gasteiger partial charge in [-0.2, -0.15) is 0 Å². The summed E-state index contributed by atoms with van der Waals surface area (Å²) in [5.74, 6) is 0. The highest BCUT2D eigenvalue weighted by Gasteiger charge is 2.50. The molecule has 7 rings (SSSR count). The maximum atomic E-state index is 5.20. The van der Waals surface area contributed by atoms with Crippen LogP contribution in [-0.2, 0) is 16.2 Å². The van der Waals surface area contributed by atoms with Gasteiger partial charge in [0.05, 0.1) is 5.69 Å². The molecule has 3 aliphatic rings. The molecule has 3 heterocycles. The van der Waals surface area contributed by atoms with E-state index < -0.39 is 8.07 Å². The van der Waals surface area contributed by atoms with Crippen molar-refractivity contribution in [2.75, 3.05) is 0 Å². The summed E-state index contributed by atoms with van der Waals surface area (Å²) in [5.41, 5.74) is 10.1. The SMILES string of the molecule is CC(C)(C)c1ccc(C2=Cc3ccnc(-c4cc5c6c(cccc6c4)C(C)(C)C5(C)C)c3[Si]23CCCC3)cc1. The number of nitrogens with zero attached hydrogens (tertiary/aromatic N) is 1. The number of pyridine rings is 1. The van der Waals surface area contributed by atoms with Gasteiger partial charge in [0.25, 0.3) is 0 Å². The molecule has 1 saturated heterocycles.